The Bertz CT molecular complexity index is 468. The van der Waals surface area contributed by atoms with E-state index in [1.54, 1.807) is 10.9 Å². The van der Waals surface area contributed by atoms with Crippen LogP contribution < -0.4 is 5.73 Å². The highest BCUT2D eigenvalue weighted by Gasteiger charge is 2.14. The zero-order valence-corrected chi connectivity index (χ0v) is 10.4. The van der Waals surface area contributed by atoms with Crippen molar-refractivity contribution in [3.8, 4) is 11.3 Å². The zero-order chi connectivity index (χ0) is 11.0. The molecule has 0 saturated heterocycles. The monoisotopic (exact) mass is 285 g/mol. The van der Waals surface area contributed by atoms with Crippen LogP contribution >= 0.6 is 27.5 Å². The summed E-state index contributed by atoms with van der Waals surface area (Å²) >= 11 is 9.59. The SMILES string of the molecule is Cn1ncc(N)c1-c1c(Cl)cccc1Br. The lowest BCUT2D eigenvalue weighted by Crippen LogP contribution is -1.97. The minimum Gasteiger partial charge on any atom is -0.396 e. The summed E-state index contributed by atoms with van der Waals surface area (Å²) in [6.45, 7) is 0. The predicted molar refractivity (Wildman–Crippen MR) is 65.8 cm³/mol. The lowest BCUT2D eigenvalue weighted by atomic mass is 10.1. The third kappa shape index (κ3) is 1.75. The molecule has 0 bridgehead atoms. The number of halogens is 2. The summed E-state index contributed by atoms with van der Waals surface area (Å²) in [6, 6.07) is 5.63. The normalized spacial score (nSPS) is 10.6. The van der Waals surface area contributed by atoms with Crippen molar-refractivity contribution in [3.63, 3.8) is 0 Å². The molecule has 1 aromatic heterocycles. The summed E-state index contributed by atoms with van der Waals surface area (Å²) in [5.41, 5.74) is 8.16. The predicted octanol–water partition coefficient (Wildman–Crippen LogP) is 3.09. The van der Waals surface area contributed by atoms with Gasteiger partial charge in [0.25, 0.3) is 0 Å². The van der Waals surface area contributed by atoms with Crippen LogP contribution in [0.15, 0.2) is 28.9 Å². The highest BCUT2D eigenvalue weighted by molar-refractivity contribution is 9.10. The maximum Gasteiger partial charge on any atom is 0.0935 e. The van der Waals surface area contributed by atoms with Gasteiger partial charge in [0.1, 0.15) is 0 Å². The molecule has 0 spiro atoms. The molecule has 0 aliphatic carbocycles. The molecule has 3 nitrogen and oxygen atoms in total. The van der Waals surface area contributed by atoms with Gasteiger partial charge in [0.05, 0.1) is 22.6 Å². The number of benzene rings is 1. The van der Waals surface area contributed by atoms with Crippen molar-refractivity contribution < 1.29 is 0 Å². The Labute approximate surface area is 101 Å². The third-order valence-corrected chi connectivity index (χ3v) is 3.14. The van der Waals surface area contributed by atoms with E-state index in [1.807, 2.05) is 25.2 Å². The maximum atomic E-state index is 6.14. The molecule has 0 aliphatic rings. The van der Waals surface area contributed by atoms with Crippen LogP contribution in [0.5, 0.6) is 0 Å². The molecule has 0 amide bonds. The van der Waals surface area contributed by atoms with E-state index >= 15 is 0 Å². The van der Waals surface area contributed by atoms with E-state index < -0.39 is 0 Å². The van der Waals surface area contributed by atoms with Gasteiger partial charge in [-0.3, -0.25) is 4.68 Å². The molecule has 2 rings (SSSR count). The molecule has 78 valence electrons. The molecule has 1 heterocycles. The summed E-state index contributed by atoms with van der Waals surface area (Å²) in [5.74, 6) is 0. The first-order valence-electron chi connectivity index (χ1n) is 4.33. The van der Waals surface area contributed by atoms with Gasteiger partial charge in [-0.05, 0) is 12.1 Å². The van der Waals surface area contributed by atoms with Crippen molar-refractivity contribution >= 4 is 33.2 Å². The van der Waals surface area contributed by atoms with Gasteiger partial charge < -0.3 is 5.73 Å². The second-order valence-electron chi connectivity index (χ2n) is 3.17. The quantitative estimate of drug-likeness (QED) is 0.875. The number of nitrogens with two attached hydrogens (primary N) is 1. The number of rotatable bonds is 1. The zero-order valence-electron chi connectivity index (χ0n) is 8.04. The van der Waals surface area contributed by atoms with E-state index in [9.17, 15) is 0 Å². The lowest BCUT2D eigenvalue weighted by Gasteiger charge is -2.08. The number of hydrogen-bond acceptors (Lipinski definition) is 2. The molecule has 2 aromatic rings. The van der Waals surface area contributed by atoms with E-state index in [0.29, 0.717) is 10.7 Å². The van der Waals surface area contributed by atoms with Crippen molar-refractivity contribution in [1.82, 2.24) is 9.78 Å². The number of aryl methyl sites for hydroxylation is 1. The molecule has 15 heavy (non-hydrogen) atoms. The molecule has 1 aromatic carbocycles. The smallest absolute Gasteiger partial charge is 0.0935 e. The maximum absolute atomic E-state index is 6.14. The molecule has 0 atom stereocenters. The Balaban J connectivity index is 2.74. The van der Waals surface area contributed by atoms with E-state index in [1.165, 1.54) is 0 Å². The van der Waals surface area contributed by atoms with Gasteiger partial charge in [-0.2, -0.15) is 5.10 Å². The highest BCUT2D eigenvalue weighted by atomic mass is 79.9. The summed E-state index contributed by atoms with van der Waals surface area (Å²) in [6.07, 6.45) is 1.62. The van der Waals surface area contributed by atoms with Crippen molar-refractivity contribution in [2.45, 2.75) is 0 Å². The molecule has 0 unspecified atom stereocenters. The van der Waals surface area contributed by atoms with Crippen LogP contribution in [0.3, 0.4) is 0 Å². The fourth-order valence-corrected chi connectivity index (χ4v) is 2.42. The molecule has 0 radical (unpaired) electrons. The number of aromatic nitrogens is 2. The minimum absolute atomic E-state index is 0.617. The molecule has 5 heteroatoms. The highest BCUT2D eigenvalue weighted by Crippen LogP contribution is 2.37. The molecular weight excluding hydrogens is 277 g/mol. The van der Waals surface area contributed by atoms with E-state index in [4.69, 9.17) is 17.3 Å². The number of nitrogens with zero attached hydrogens (tertiary/aromatic N) is 2. The number of hydrogen-bond donors (Lipinski definition) is 1. The van der Waals surface area contributed by atoms with Gasteiger partial charge >= 0.3 is 0 Å². The Morgan fingerprint density at radius 1 is 1.47 bits per heavy atom. The van der Waals surface area contributed by atoms with Crippen molar-refractivity contribution in [3.05, 3.63) is 33.9 Å². The van der Waals surface area contributed by atoms with Crippen molar-refractivity contribution in [2.24, 2.45) is 7.05 Å². The van der Waals surface area contributed by atoms with Crippen LogP contribution in [0.1, 0.15) is 0 Å². The first-order chi connectivity index (χ1) is 7.11. The molecule has 2 N–H and O–H groups in total. The molecular formula is C10H9BrClN3. The van der Waals surface area contributed by atoms with Crippen LogP contribution in [0.4, 0.5) is 5.69 Å². The fraction of sp³-hybridized carbons (Fsp3) is 0.100. The first kappa shape index (κ1) is 10.5. The second kappa shape index (κ2) is 3.87. The lowest BCUT2D eigenvalue weighted by molar-refractivity contribution is 0.775. The summed E-state index contributed by atoms with van der Waals surface area (Å²) in [5, 5.41) is 4.74. The minimum atomic E-state index is 0.617. The summed E-state index contributed by atoms with van der Waals surface area (Å²) in [4.78, 5) is 0. The van der Waals surface area contributed by atoms with Gasteiger partial charge in [-0.15, -0.1) is 0 Å². The van der Waals surface area contributed by atoms with Gasteiger partial charge in [0.15, 0.2) is 0 Å². The third-order valence-electron chi connectivity index (χ3n) is 2.17. The van der Waals surface area contributed by atoms with E-state index in [2.05, 4.69) is 21.0 Å². The van der Waals surface area contributed by atoms with Gasteiger partial charge in [0.2, 0.25) is 0 Å². The van der Waals surface area contributed by atoms with Crippen LogP contribution in [0, 0.1) is 0 Å². The Morgan fingerprint density at radius 2 is 2.20 bits per heavy atom. The van der Waals surface area contributed by atoms with Crippen LogP contribution in [-0.2, 0) is 7.05 Å². The average molecular weight is 287 g/mol. The van der Waals surface area contributed by atoms with Crippen molar-refractivity contribution in [2.75, 3.05) is 5.73 Å². The standard InChI is InChI=1S/C10H9BrClN3/c1-15-10(8(13)5-14-15)9-6(11)3-2-4-7(9)12/h2-5H,13H2,1H3. The number of anilines is 1. The van der Waals surface area contributed by atoms with Crippen LogP contribution in [0.2, 0.25) is 5.02 Å². The molecule has 0 saturated carbocycles. The second-order valence-corrected chi connectivity index (χ2v) is 4.43. The Morgan fingerprint density at radius 3 is 2.73 bits per heavy atom. The van der Waals surface area contributed by atoms with Crippen LogP contribution in [-0.4, -0.2) is 9.78 Å². The van der Waals surface area contributed by atoms with Crippen LogP contribution in [0.25, 0.3) is 11.3 Å². The summed E-state index contributed by atoms with van der Waals surface area (Å²) in [7, 11) is 1.83. The average Bonchev–Trinajstić information content (AvgIpc) is 2.49. The van der Waals surface area contributed by atoms with Gasteiger partial charge in [0, 0.05) is 17.1 Å². The largest absolute Gasteiger partial charge is 0.396 e. The fourth-order valence-electron chi connectivity index (χ4n) is 1.48. The van der Waals surface area contributed by atoms with Gasteiger partial charge in [-0.1, -0.05) is 33.6 Å². The van der Waals surface area contributed by atoms with Gasteiger partial charge in [-0.25, -0.2) is 0 Å². The number of nitrogen functional groups attached to an aromatic ring is 1. The first-order valence-corrected chi connectivity index (χ1v) is 5.50. The molecule has 0 aliphatic heterocycles. The van der Waals surface area contributed by atoms with E-state index in [-0.39, 0.29) is 0 Å². The summed E-state index contributed by atoms with van der Waals surface area (Å²) < 4.78 is 2.62. The molecule has 0 fully saturated rings. The Kier molecular flexibility index (Phi) is 2.71. The van der Waals surface area contributed by atoms with Crippen molar-refractivity contribution in [1.29, 1.82) is 0 Å². The Hall–Kier alpha value is -1.000. The van der Waals surface area contributed by atoms with E-state index in [0.717, 1.165) is 15.7 Å². The topological polar surface area (TPSA) is 43.8 Å².